The maximum atomic E-state index is 14.0. The Bertz CT molecular complexity index is 2270. The van der Waals surface area contributed by atoms with Gasteiger partial charge in [-0.05, 0) is 82.3 Å². The number of hydrogen-bond acceptors (Lipinski definition) is 15. The molecule has 2 heterocycles. The summed E-state index contributed by atoms with van der Waals surface area (Å²) in [5.74, 6) is -1.94. The van der Waals surface area contributed by atoms with E-state index < -0.39 is 53.4 Å². The third-order valence-electron chi connectivity index (χ3n) is 9.69. The summed E-state index contributed by atoms with van der Waals surface area (Å²) in [6, 6.07) is 14.6. The van der Waals surface area contributed by atoms with E-state index in [2.05, 4.69) is 36.8 Å². The maximum Gasteiger partial charge on any atom is 0.407 e. The van der Waals surface area contributed by atoms with E-state index in [0.29, 0.717) is 37.6 Å². The molecule has 5 N–H and O–H groups in total. The molecule has 22 nitrogen and oxygen atoms in total. The van der Waals surface area contributed by atoms with Crippen molar-refractivity contribution in [1.29, 1.82) is 0 Å². The summed E-state index contributed by atoms with van der Waals surface area (Å²) >= 11 is 0. The molecule has 0 saturated heterocycles. The van der Waals surface area contributed by atoms with Crippen LogP contribution >= 0.6 is 0 Å². The number of carbonyl (C=O) groups is 6. The molecule has 4 rings (SSSR count). The Kier molecular flexibility index (Phi) is 21.2. The number of benzene rings is 2. The molecule has 68 heavy (non-hydrogen) atoms. The number of hydrogen-bond donors (Lipinski definition) is 5. The van der Waals surface area contributed by atoms with Crippen molar-refractivity contribution < 1.29 is 61.9 Å². The highest BCUT2D eigenvalue weighted by atomic mass is 16.6. The normalized spacial score (nSPS) is 12.0. The topological polar surface area (TPSA) is 263 Å². The molecule has 22 heteroatoms. The molecule has 0 unspecified atom stereocenters. The highest BCUT2D eigenvalue weighted by molar-refractivity contribution is 6.00. The first kappa shape index (κ1) is 53.6. The minimum Gasteiger partial charge on any atom is -0.497 e. The zero-order chi connectivity index (χ0) is 49.6. The van der Waals surface area contributed by atoms with E-state index in [1.165, 1.54) is 35.5 Å². The zero-order valence-corrected chi connectivity index (χ0v) is 39.8. The Morgan fingerprint density at radius 1 is 0.676 bits per heavy atom. The summed E-state index contributed by atoms with van der Waals surface area (Å²) < 4.78 is 39.2. The van der Waals surface area contributed by atoms with Crippen molar-refractivity contribution in [3.05, 3.63) is 83.2 Å². The lowest BCUT2D eigenvalue weighted by molar-refractivity contribution is -0.127. The minimum atomic E-state index is -1.19. The Hall–Kier alpha value is -7.04. The van der Waals surface area contributed by atoms with Gasteiger partial charge in [-0.1, -0.05) is 24.3 Å². The van der Waals surface area contributed by atoms with Crippen LogP contribution in [-0.2, 0) is 51.2 Å². The number of nitrogens with zero attached hydrogens (tertiary/aromatic N) is 4. The first-order valence-corrected chi connectivity index (χ1v) is 21.9. The number of methoxy groups -OCH3 is 4. The lowest BCUT2D eigenvalue weighted by Gasteiger charge is -2.21. The highest BCUT2D eigenvalue weighted by Gasteiger charge is 2.28. The second-order valence-electron chi connectivity index (χ2n) is 16.2. The number of esters is 1. The number of rotatable bonds is 27. The molecular weight excluding hydrogens is 887 g/mol. The van der Waals surface area contributed by atoms with Gasteiger partial charge in [-0.25, -0.2) is 9.59 Å². The van der Waals surface area contributed by atoms with E-state index in [1.807, 2.05) is 0 Å². The number of anilines is 2. The van der Waals surface area contributed by atoms with Crippen LogP contribution in [0, 0.1) is 0 Å². The van der Waals surface area contributed by atoms with Crippen molar-refractivity contribution >= 4 is 47.3 Å². The molecule has 0 spiro atoms. The molecule has 2 aromatic heterocycles. The number of nitrogens with one attached hydrogen (secondary N) is 5. The number of carbonyl (C=O) groups excluding carboxylic acids is 6. The Labute approximate surface area is 395 Å². The highest BCUT2D eigenvalue weighted by Crippen LogP contribution is 2.19. The molecule has 0 aliphatic carbocycles. The lowest BCUT2D eigenvalue weighted by Crippen LogP contribution is -2.51. The summed E-state index contributed by atoms with van der Waals surface area (Å²) in [4.78, 5) is 79.4. The average Bonchev–Trinajstić information content (AvgIpc) is 3.90. The fourth-order valence-corrected chi connectivity index (χ4v) is 6.26. The second kappa shape index (κ2) is 26.9. The van der Waals surface area contributed by atoms with Gasteiger partial charge in [0.25, 0.3) is 11.8 Å². The van der Waals surface area contributed by atoms with Gasteiger partial charge in [0.1, 0.15) is 47.2 Å². The van der Waals surface area contributed by atoms with Gasteiger partial charge in [0.05, 0.1) is 60.8 Å². The van der Waals surface area contributed by atoms with Crippen LogP contribution in [0.4, 0.5) is 16.4 Å². The van der Waals surface area contributed by atoms with Crippen LogP contribution < -0.4 is 36.1 Å². The number of unbranched alkanes of at least 4 members (excludes halogenated alkanes) is 1. The van der Waals surface area contributed by atoms with E-state index in [0.717, 1.165) is 11.1 Å². The fraction of sp³-hybridized carbons (Fsp3) is 0.478. The molecule has 0 bridgehead atoms. The van der Waals surface area contributed by atoms with Crippen molar-refractivity contribution in [3.8, 4) is 11.5 Å². The predicted octanol–water partition coefficient (Wildman–Crippen LogP) is 3.53. The van der Waals surface area contributed by atoms with Crippen LogP contribution in [0.25, 0.3) is 0 Å². The van der Waals surface area contributed by atoms with E-state index in [-0.39, 0.29) is 68.9 Å². The Morgan fingerprint density at radius 2 is 1.24 bits per heavy atom. The molecule has 0 radical (unpaired) electrons. The molecule has 2 atom stereocenters. The van der Waals surface area contributed by atoms with E-state index >= 15 is 0 Å². The van der Waals surface area contributed by atoms with E-state index in [1.54, 1.807) is 90.6 Å². The van der Waals surface area contributed by atoms with Gasteiger partial charge in [-0.15, -0.1) is 0 Å². The van der Waals surface area contributed by atoms with Gasteiger partial charge in [-0.3, -0.25) is 28.5 Å². The largest absolute Gasteiger partial charge is 0.497 e. The number of alkyl carbamates (subject to hydrolysis) is 1. The molecule has 5 amide bonds. The zero-order valence-electron chi connectivity index (χ0n) is 39.8. The van der Waals surface area contributed by atoms with Gasteiger partial charge >= 0.3 is 12.1 Å². The van der Waals surface area contributed by atoms with Crippen molar-refractivity contribution in [2.75, 3.05) is 78.7 Å². The van der Waals surface area contributed by atoms with Gasteiger partial charge < -0.3 is 59.7 Å². The summed E-state index contributed by atoms with van der Waals surface area (Å²) in [5, 5.41) is 22.3. The molecule has 0 saturated carbocycles. The SMILES string of the molecule is COCCOCCOCC(=O)Nc1cc(C(=O)N[C@@H](C)C(=O)N[C@@H](CCCCNC(=O)OC(C)(C)C)C(=O)Nc2cc(C(=O)OC)n(Cc3ccc(OC)cc3)n2)n(Cc2ccc(OC)cc2)n1. The smallest absolute Gasteiger partial charge is 0.407 e. The van der Waals surface area contributed by atoms with Crippen molar-refractivity contribution in [1.82, 2.24) is 35.5 Å². The van der Waals surface area contributed by atoms with E-state index in [9.17, 15) is 28.8 Å². The quantitative estimate of drug-likeness (QED) is 0.0423. The Morgan fingerprint density at radius 3 is 1.81 bits per heavy atom. The standard InChI is InChI=1S/C46H63N9O13/c1-30(48-43(59)36-25-38(50-40(56)29-67-24-23-66-22-21-62-5)52-54(36)27-31-12-16-33(63-6)17-13-31)41(57)49-35(11-9-10-20-47-45(61)68-46(2,3)4)42(58)51-39-26-37(44(60)65-8)55(53-39)28-32-14-18-34(64-7)19-15-32/h12-19,25-26,30,35H,9-11,20-24,27-29H2,1-8H3,(H,47,61)(H,48,59)(H,49,57)(H,50,52,56)(H,51,53,58)/t30-,35-/m0/s1. The van der Waals surface area contributed by atoms with Gasteiger partial charge in [0.15, 0.2) is 11.6 Å². The third kappa shape index (κ3) is 18.0. The van der Waals surface area contributed by atoms with Crippen LogP contribution in [0.5, 0.6) is 11.5 Å². The average molecular weight is 950 g/mol. The van der Waals surface area contributed by atoms with Crippen molar-refractivity contribution in [2.45, 2.75) is 77.7 Å². The first-order chi connectivity index (χ1) is 32.5. The maximum absolute atomic E-state index is 14.0. The summed E-state index contributed by atoms with van der Waals surface area (Å²) in [5.41, 5.74) is 0.919. The summed E-state index contributed by atoms with van der Waals surface area (Å²) in [6.45, 7) is 8.10. The fourth-order valence-electron chi connectivity index (χ4n) is 6.26. The van der Waals surface area contributed by atoms with Crippen LogP contribution in [0.15, 0.2) is 60.7 Å². The summed E-state index contributed by atoms with van der Waals surface area (Å²) in [6.07, 6.45) is 0.286. The minimum absolute atomic E-state index is 0.0154. The summed E-state index contributed by atoms with van der Waals surface area (Å²) in [7, 11) is 5.87. The van der Waals surface area contributed by atoms with Crippen molar-refractivity contribution in [3.63, 3.8) is 0 Å². The second-order valence-corrected chi connectivity index (χ2v) is 16.2. The van der Waals surface area contributed by atoms with Crippen molar-refractivity contribution in [2.24, 2.45) is 0 Å². The predicted molar refractivity (Wildman–Crippen MR) is 248 cm³/mol. The lowest BCUT2D eigenvalue weighted by atomic mass is 10.1. The van der Waals surface area contributed by atoms with Crippen LogP contribution in [-0.4, -0.2) is 141 Å². The van der Waals surface area contributed by atoms with Crippen LogP contribution in [0.1, 0.15) is 79.1 Å². The molecule has 0 fully saturated rings. The molecule has 2 aromatic carbocycles. The van der Waals surface area contributed by atoms with Crippen LogP contribution in [0.2, 0.25) is 0 Å². The first-order valence-electron chi connectivity index (χ1n) is 21.9. The van der Waals surface area contributed by atoms with Crippen LogP contribution in [0.3, 0.4) is 0 Å². The molecular formula is C46H63N9O13. The number of ether oxygens (including phenoxy) is 7. The Balaban J connectivity index is 1.49. The van der Waals surface area contributed by atoms with Gasteiger partial charge in [0.2, 0.25) is 11.8 Å². The third-order valence-corrected chi connectivity index (χ3v) is 9.69. The van der Waals surface area contributed by atoms with Gasteiger partial charge in [0, 0.05) is 25.8 Å². The molecule has 4 aromatic rings. The van der Waals surface area contributed by atoms with Gasteiger partial charge in [-0.2, -0.15) is 10.2 Å². The number of amides is 5. The molecule has 0 aliphatic heterocycles. The number of aromatic nitrogens is 4. The monoisotopic (exact) mass is 949 g/mol. The van der Waals surface area contributed by atoms with E-state index in [4.69, 9.17) is 33.2 Å². The molecule has 370 valence electrons. The molecule has 0 aliphatic rings.